The molecule has 2 unspecified atom stereocenters. The summed E-state index contributed by atoms with van der Waals surface area (Å²) in [7, 11) is 3.14. The predicted octanol–water partition coefficient (Wildman–Crippen LogP) is 4.03. The minimum Gasteiger partial charge on any atom is -0.496 e. The van der Waals surface area contributed by atoms with E-state index in [1.165, 1.54) is 12.0 Å². The predicted molar refractivity (Wildman–Crippen MR) is 124 cm³/mol. The molecule has 1 aliphatic heterocycles. The van der Waals surface area contributed by atoms with Crippen LogP contribution in [0.2, 0.25) is 0 Å². The smallest absolute Gasteiger partial charge is 0.416 e. The summed E-state index contributed by atoms with van der Waals surface area (Å²) in [4.78, 5) is 32.6. The summed E-state index contributed by atoms with van der Waals surface area (Å²) < 4.78 is 16.4. The van der Waals surface area contributed by atoms with Gasteiger partial charge in [0, 0.05) is 18.1 Å². The number of hydrogen-bond donors (Lipinski definition) is 1. The number of carbonyl (C=O) groups excluding carboxylic acids is 2. The van der Waals surface area contributed by atoms with E-state index in [4.69, 9.17) is 14.2 Å². The number of aromatic nitrogens is 1. The van der Waals surface area contributed by atoms with Crippen molar-refractivity contribution in [1.82, 2.24) is 10.3 Å². The van der Waals surface area contributed by atoms with Gasteiger partial charge in [0.2, 0.25) is 11.8 Å². The summed E-state index contributed by atoms with van der Waals surface area (Å²) in [6.07, 6.45) is 1.80. The van der Waals surface area contributed by atoms with Crippen molar-refractivity contribution in [3.8, 4) is 11.6 Å². The standard InChI is InChI=1S/C25H31N3O5/c1-25(2,3)33-24(30)28-18(14-16-12-13-20(32-5)26-22(16)28)23(29)27-21(15-10-11-15)17-8-6-7-9-19(17)31-4/h6-9,12-13,15,18,21H,10-11,14H2,1-5H3,(H,27,29). The molecular weight excluding hydrogens is 422 g/mol. The van der Waals surface area contributed by atoms with Crippen LogP contribution in [0.1, 0.15) is 50.8 Å². The van der Waals surface area contributed by atoms with Gasteiger partial charge in [0.1, 0.15) is 23.2 Å². The minimum atomic E-state index is -0.773. The number of hydrogen-bond acceptors (Lipinski definition) is 6. The average molecular weight is 454 g/mol. The normalized spacial score (nSPS) is 18.3. The number of pyridine rings is 1. The Morgan fingerprint density at radius 3 is 2.45 bits per heavy atom. The third kappa shape index (κ3) is 4.89. The zero-order chi connectivity index (χ0) is 23.8. The molecule has 0 radical (unpaired) electrons. The van der Waals surface area contributed by atoms with E-state index >= 15 is 0 Å². The lowest BCUT2D eigenvalue weighted by molar-refractivity contribution is -0.123. The zero-order valence-electron chi connectivity index (χ0n) is 19.8. The van der Waals surface area contributed by atoms with Crippen LogP contribution in [0.15, 0.2) is 36.4 Å². The molecule has 2 amide bonds. The molecule has 0 spiro atoms. The topological polar surface area (TPSA) is 90.0 Å². The van der Waals surface area contributed by atoms with Crippen LogP contribution in [0.25, 0.3) is 0 Å². The van der Waals surface area contributed by atoms with E-state index in [2.05, 4.69) is 10.3 Å². The van der Waals surface area contributed by atoms with E-state index in [1.807, 2.05) is 30.3 Å². The maximum atomic E-state index is 13.6. The van der Waals surface area contributed by atoms with Crippen LogP contribution in [-0.2, 0) is 16.0 Å². The van der Waals surface area contributed by atoms with Crippen molar-refractivity contribution in [1.29, 1.82) is 0 Å². The van der Waals surface area contributed by atoms with Gasteiger partial charge in [-0.25, -0.2) is 9.69 Å². The maximum absolute atomic E-state index is 13.6. The Labute approximate surface area is 194 Å². The van der Waals surface area contributed by atoms with Gasteiger partial charge in [-0.3, -0.25) is 4.79 Å². The molecular formula is C25H31N3O5. The largest absolute Gasteiger partial charge is 0.496 e. The summed E-state index contributed by atoms with van der Waals surface area (Å²) in [5.41, 5.74) is 1.02. The van der Waals surface area contributed by atoms with Gasteiger partial charge in [-0.2, -0.15) is 4.98 Å². The van der Waals surface area contributed by atoms with E-state index < -0.39 is 17.7 Å². The molecule has 2 aromatic rings. The molecule has 2 heterocycles. The third-order valence-corrected chi connectivity index (χ3v) is 5.85. The molecule has 4 rings (SSSR count). The molecule has 0 saturated heterocycles. The highest BCUT2D eigenvalue weighted by Crippen LogP contribution is 2.44. The monoisotopic (exact) mass is 453 g/mol. The molecule has 2 atom stereocenters. The first-order chi connectivity index (χ1) is 15.7. The molecule has 8 nitrogen and oxygen atoms in total. The molecule has 1 aliphatic carbocycles. The van der Waals surface area contributed by atoms with Crippen molar-refractivity contribution in [2.24, 2.45) is 5.92 Å². The Morgan fingerprint density at radius 1 is 1.09 bits per heavy atom. The lowest BCUT2D eigenvalue weighted by Gasteiger charge is -2.29. The molecule has 2 aliphatic rings. The van der Waals surface area contributed by atoms with E-state index in [0.717, 1.165) is 29.7 Å². The second-order valence-corrected chi connectivity index (χ2v) is 9.47. The molecule has 0 bridgehead atoms. The quantitative estimate of drug-likeness (QED) is 0.710. The Morgan fingerprint density at radius 2 is 1.82 bits per heavy atom. The van der Waals surface area contributed by atoms with Gasteiger partial charge in [-0.1, -0.05) is 18.2 Å². The van der Waals surface area contributed by atoms with Crippen molar-refractivity contribution >= 4 is 17.8 Å². The van der Waals surface area contributed by atoms with Crippen molar-refractivity contribution in [3.63, 3.8) is 0 Å². The van der Waals surface area contributed by atoms with Gasteiger partial charge in [0.05, 0.1) is 20.3 Å². The van der Waals surface area contributed by atoms with E-state index in [9.17, 15) is 9.59 Å². The minimum absolute atomic E-state index is 0.194. The van der Waals surface area contributed by atoms with E-state index in [0.29, 0.717) is 24.0 Å². The number of fused-ring (bicyclic) bond motifs is 1. The number of para-hydroxylation sites is 1. The van der Waals surface area contributed by atoms with Crippen molar-refractivity contribution < 1.29 is 23.8 Å². The molecule has 8 heteroatoms. The SMILES string of the molecule is COc1ccc2c(n1)N(C(=O)OC(C)(C)C)C(C(=O)NC(c1ccccc1OC)C1CC1)C2. The fourth-order valence-electron chi connectivity index (χ4n) is 4.18. The number of methoxy groups -OCH3 is 2. The highest BCUT2D eigenvalue weighted by atomic mass is 16.6. The Kier molecular flexibility index (Phi) is 6.19. The van der Waals surface area contributed by atoms with Crippen LogP contribution in [0.5, 0.6) is 11.6 Å². The second kappa shape index (κ2) is 8.92. The molecule has 176 valence electrons. The number of ether oxygens (including phenoxy) is 3. The second-order valence-electron chi connectivity index (χ2n) is 9.47. The zero-order valence-corrected chi connectivity index (χ0v) is 19.8. The molecule has 33 heavy (non-hydrogen) atoms. The van der Waals surface area contributed by atoms with Crippen molar-refractivity contribution in [3.05, 3.63) is 47.5 Å². The van der Waals surface area contributed by atoms with Gasteiger partial charge in [-0.15, -0.1) is 0 Å². The van der Waals surface area contributed by atoms with Crippen LogP contribution in [0.3, 0.4) is 0 Å². The van der Waals surface area contributed by atoms with Crippen molar-refractivity contribution in [2.45, 2.75) is 57.7 Å². The lowest BCUT2D eigenvalue weighted by atomic mass is 10.00. The van der Waals surface area contributed by atoms with Gasteiger partial charge >= 0.3 is 6.09 Å². The van der Waals surface area contributed by atoms with Crippen LogP contribution in [0, 0.1) is 5.92 Å². The maximum Gasteiger partial charge on any atom is 0.416 e. The molecule has 1 fully saturated rings. The molecule has 1 saturated carbocycles. The fraction of sp³-hybridized carbons (Fsp3) is 0.480. The number of benzene rings is 1. The first-order valence-electron chi connectivity index (χ1n) is 11.2. The summed E-state index contributed by atoms with van der Waals surface area (Å²) in [5, 5.41) is 3.20. The number of amides is 2. The third-order valence-electron chi connectivity index (χ3n) is 5.85. The van der Waals surface area contributed by atoms with Crippen LogP contribution < -0.4 is 19.7 Å². The van der Waals surface area contributed by atoms with Crippen LogP contribution >= 0.6 is 0 Å². The highest BCUT2D eigenvalue weighted by Gasteiger charge is 2.44. The molecule has 1 aromatic carbocycles. The van der Waals surface area contributed by atoms with Crippen LogP contribution in [-0.4, -0.2) is 42.8 Å². The van der Waals surface area contributed by atoms with Gasteiger partial charge in [0.25, 0.3) is 0 Å². The average Bonchev–Trinajstić information content (AvgIpc) is 3.54. The first-order valence-corrected chi connectivity index (χ1v) is 11.2. The number of nitrogens with one attached hydrogen (secondary N) is 1. The number of nitrogens with zero attached hydrogens (tertiary/aromatic N) is 2. The highest BCUT2D eigenvalue weighted by molar-refractivity contribution is 6.00. The lowest BCUT2D eigenvalue weighted by Crippen LogP contribution is -2.50. The van der Waals surface area contributed by atoms with E-state index in [1.54, 1.807) is 33.9 Å². The Bertz CT molecular complexity index is 1040. The summed E-state index contributed by atoms with van der Waals surface area (Å²) in [5.74, 6) is 1.58. The van der Waals surface area contributed by atoms with Crippen LogP contribution in [0.4, 0.5) is 10.6 Å². The number of carbonyl (C=O) groups is 2. The first kappa shape index (κ1) is 22.9. The fourth-order valence-corrected chi connectivity index (χ4v) is 4.18. The summed E-state index contributed by atoms with van der Waals surface area (Å²) in [6.45, 7) is 5.38. The summed E-state index contributed by atoms with van der Waals surface area (Å²) >= 11 is 0. The Hall–Kier alpha value is -3.29. The van der Waals surface area contributed by atoms with Gasteiger partial charge < -0.3 is 19.5 Å². The van der Waals surface area contributed by atoms with E-state index in [-0.39, 0.29) is 11.9 Å². The molecule has 1 N–H and O–H groups in total. The molecule has 1 aromatic heterocycles. The van der Waals surface area contributed by atoms with Gasteiger partial charge in [0.15, 0.2) is 0 Å². The van der Waals surface area contributed by atoms with Gasteiger partial charge in [-0.05, 0) is 57.2 Å². The Balaban J connectivity index is 1.64. The number of rotatable bonds is 6. The number of anilines is 1. The summed E-state index contributed by atoms with van der Waals surface area (Å²) in [6, 6.07) is 10.3. The van der Waals surface area contributed by atoms with Crippen molar-refractivity contribution in [2.75, 3.05) is 19.1 Å².